The van der Waals surface area contributed by atoms with E-state index in [9.17, 15) is 20.0 Å². The van der Waals surface area contributed by atoms with E-state index in [0.29, 0.717) is 27.2 Å². The van der Waals surface area contributed by atoms with Crippen LogP contribution in [0.15, 0.2) is 75.0 Å². The van der Waals surface area contributed by atoms with Crippen LogP contribution in [0.1, 0.15) is 5.76 Å². The number of hydrogen-bond donors (Lipinski definition) is 1. The number of hydrogen-bond acceptors (Lipinski definition) is 7. The summed E-state index contributed by atoms with van der Waals surface area (Å²) in [7, 11) is 1.79. The first kappa shape index (κ1) is 19.5. The summed E-state index contributed by atoms with van der Waals surface area (Å²) < 4.78 is 5.77. The zero-order valence-electron chi connectivity index (χ0n) is 15.7. The van der Waals surface area contributed by atoms with E-state index in [4.69, 9.17) is 4.42 Å². The first-order chi connectivity index (χ1) is 14.4. The number of aliphatic imine (C=N–C) groups is 1. The van der Waals surface area contributed by atoms with Crippen LogP contribution < -0.4 is 4.90 Å². The lowest BCUT2D eigenvalue weighted by molar-refractivity contribution is -0.384. The summed E-state index contributed by atoms with van der Waals surface area (Å²) in [6, 6.07) is 16.1. The molecule has 9 heteroatoms. The molecule has 0 saturated heterocycles. The maximum Gasteiger partial charge on any atom is 0.286 e. The molecule has 0 spiro atoms. The highest BCUT2D eigenvalue weighted by Gasteiger charge is 2.25. The molecule has 0 unspecified atom stereocenters. The lowest BCUT2D eigenvalue weighted by Gasteiger charge is -2.17. The fourth-order valence-corrected chi connectivity index (χ4v) is 3.67. The number of thioether (sulfide) groups is 1. The van der Waals surface area contributed by atoms with Crippen molar-refractivity contribution in [3.05, 3.63) is 81.4 Å². The van der Waals surface area contributed by atoms with Crippen LogP contribution in [0.4, 0.5) is 11.4 Å². The first-order valence-electron chi connectivity index (χ1n) is 8.81. The summed E-state index contributed by atoms with van der Waals surface area (Å²) in [5.41, 5.74) is 1.48. The highest BCUT2D eigenvalue weighted by molar-refractivity contribution is 8.18. The van der Waals surface area contributed by atoms with E-state index in [1.807, 2.05) is 0 Å². The van der Waals surface area contributed by atoms with Gasteiger partial charge in [0.05, 0.1) is 9.83 Å². The van der Waals surface area contributed by atoms with Gasteiger partial charge in [0.1, 0.15) is 17.3 Å². The Morgan fingerprint density at radius 2 is 1.80 bits per heavy atom. The van der Waals surface area contributed by atoms with Gasteiger partial charge in [-0.15, -0.1) is 0 Å². The standard InChI is InChI=1S/C21H15N3O5S/c1-23(14-6-8-16(25)9-7-14)21-22-20(26)19(30-21)12-17-10-11-18(29-17)13-2-4-15(5-3-13)24(27)28/h2-12,25H,1H3/b19-12-. The van der Waals surface area contributed by atoms with Crippen molar-refractivity contribution in [3.8, 4) is 17.1 Å². The van der Waals surface area contributed by atoms with Gasteiger partial charge in [0.25, 0.3) is 11.6 Å². The Labute approximate surface area is 175 Å². The van der Waals surface area contributed by atoms with Gasteiger partial charge >= 0.3 is 0 Å². The molecule has 3 aromatic rings. The molecule has 150 valence electrons. The minimum Gasteiger partial charge on any atom is -0.508 e. The topological polar surface area (TPSA) is 109 Å². The fraction of sp³-hybridized carbons (Fsp3) is 0.0476. The summed E-state index contributed by atoms with van der Waals surface area (Å²) in [5, 5.41) is 20.7. The van der Waals surface area contributed by atoms with E-state index in [2.05, 4.69) is 4.99 Å². The summed E-state index contributed by atoms with van der Waals surface area (Å²) >= 11 is 1.22. The Morgan fingerprint density at radius 3 is 2.47 bits per heavy atom. The van der Waals surface area contributed by atoms with Gasteiger partial charge in [-0.25, -0.2) is 0 Å². The van der Waals surface area contributed by atoms with E-state index < -0.39 is 4.92 Å². The first-order valence-corrected chi connectivity index (χ1v) is 9.62. The second-order valence-electron chi connectivity index (χ2n) is 6.39. The van der Waals surface area contributed by atoms with Crippen molar-refractivity contribution in [2.45, 2.75) is 0 Å². The van der Waals surface area contributed by atoms with Crippen molar-refractivity contribution in [1.82, 2.24) is 0 Å². The van der Waals surface area contributed by atoms with Crippen LogP contribution in [-0.2, 0) is 4.79 Å². The van der Waals surface area contributed by atoms with Crippen molar-refractivity contribution in [2.75, 3.05) is 11.9 Å². The second kappa shape index (κ2) is 7.88. The number of non-ortho nitro benzene ring substituents is 1. The van der Waals surface area contributed by atoms with Gasteiger partial charge in [-0.05, 0) is 60.3 Å². The number of phenolic OH excluding ortho intramolecular Hbond substituents is 1. The van der Waals surface area contributed by atoms with Crippen LogP contribution >= 0.6 is 11.8 Å². The minimum absolute atomic E-state index is 0.00280. The molecule has 8 nitrogen and oxygen atoms in total. The third-order valence-corrected chi connectivity index (χ3v) is 5.46. The molecular weight excluding hydrogens is 406 g/mol. The number of nitro benzene ring substituents is 1. The monoisotopic (exact) mass is 421 g/mol. The normalized spacial score (nSPS) is 14.8. The third-order valence-electron chi connectivity index (χ3n) is 4.40. The fourth-order valence-electron chi connectivity index (χ4n) is 2.79. The van der Waals surface area contributed by atoms with Crippen molar-refractivity contribution in [3.63, 3.8) is 0 Å². The highest BCUT2D eigenvalue weighted by Crippen LogP contribution is 2.33. The average molecular weight is 421 g/mol. The Hall–Kier alpha value is -3.85. The van der Waals surface area contributed by atoms with E-state index in [-0.39, 0.29) is 17.3 Å². The maximum atomic E-state index is 12.3. The van der Waals surface area contributed by atoms with Crippen molar-refractivity contribution in [1.29, 1.82) is 0 Å². The van der Waals surface area contributed by atoms with E-state index in [1.165, 1.54) is 23.9 Å². The molecule has 1 aliphatic rings. The highest BCUT2D eigenvalue weighted by atomic mass is 32.2. The number of carbonyl (C=O) groups is 1. The molecular formula is C21H15N3O5S. The summed E-state index contributed by atoms with van der Waals surface area (Å²) in [5.74, 6) is 0.804. The van der Waals surface area contributed by atoms with Gasteiger partial charge in [0, 0.05) is 36.5 Å². The number of anilines is 1. The second-order valence-corrected chi connectivity index (χ2v) is 7.40. The number of amides is 1. The van der Waals surface area contributed by atoms with Gasteiger partial charge in [0.2, 0.25) is 0 Å². The van der Waals surface area contributed by atoms with E-state index in [0.717, 1.165) is 5.69 Å². The predicted octanol–water partition coefficient (Wildman–Crippen LogP) is 4.67. The summed E-state index contributed by atoms with van der Waals surface area (Å²) in [6.07, 6.45) is 1.61. The number of nitrogens with zero attached hydrogens (tertiary/aromatic N) is 3. The van der Waals surface area contributed by atoms with Crippen LogP contribution in [-0.4, -0.2) is 28.2 Å². The molecule has 0 saturated carbocycles. The summed E-state index contributed by atoms with van der Waals surface area (Å²) in [6.45, 7) is 0. The Balaban J connectivity index is 1.50. The molecule has 2 aromatic carbocycles. The molecule has 1 amide bonds. The van der Waals surface area contributed by atoms with Crippen molar-refractivity contribution in [2.24, 2.45) is 4.99 Å². The number of benzene rings is 2. The van der Waals surface area contributed by atoms with Crippen LogP contribution in [0.2, 0.25) is 0 Å². The number of furan rings is 1. The predicted molar refractivity (Wildman–Crippen MR) is 115 cm³/mol. The zero-order valence-corrected chi connectivity index (χ0v) is 16.5. The van der Waals surface area contributed by atoms with Gasteiger partial charge in [0.15, 0.2) is 5.17 Å². The largest absolute Gasteiger partial charge is 0.508 e. The molecule has 1 aliphatic heterocycles. The van der Waals surface area contributed by atoms with Gasteiger partial charge < -0.3 is 14.4 Å². The smallest absolute Gasteiger partial charge is 0.286 e. The van der Waals surface area contributed by atoms with Crippen LogP contribution in [0.3, 0.4) is 0 Å². The Bertz CT molecular complexity index is 1180. The van der Waals surface area contributed by atoms with Crippen LogP contribution in [0, 0.1) is 10.1 Å². The van der Waals surface area contributed by atoms with Gasteiger partial charge in [-0.2, -0.15) is 4.99 Å². The summed E-state index contributed by atoms with van der Waals surface area (Å²) in [4.78, 5) is 28.9. The molecule has 0 fully saturated rings. The van der Waals surface area contributed by atoms with Crippen LogP contribution in [0.25, 0.3) is 17.4 Å². The molecule has 1 aromatic heterocycles. The number of carbonyl (C=O) groups excluding carboxylic acids is 1. The molecule has 4 rings (SSSR count). The van der Waals surface area contributed by atoms with Crippen molar-refractivity contribution < 1.29 is 19.2 Å². The lowest BCUT2D eigenvalue weighted by atomic mass is 10.1. The number of nitro groups is 1. The molecule has 1 N–H and O–H groups in total. The molecule has 0 radical (unpaired) electrons. The Morgan fingerprint density at radius 1 is 1.10 bits per heavy atom. The zero-order chi connectivity index (χ0) is 21.3. The third kappa shape index (κ3) is 3.96. The quantitative estimate of drug-likeness (QED) is 0.370. The molecule has 0 aliphatic carbocycles. The van der Waals surface area contributed by atoms with Gasteiger partial charge in [-0.1, -0.05) is 0 Å². The number of phenols is 1. The molecule has 2 heterocycles. The Kier molecular flexibility index (Phi) is 5.11. The molecule has 0 bridgehead atoms. The van der Waals surface area contributed by atoms with E-state index >= 15 is 0 Å². The number of aromatic hydroxyl groups is 1. The minimum atomic E-state index is -0.461. The number of rotatable bonds is 4. The van der Waals surface area contributed by atoms with Gasteiger partial charge in [-0.3, -0.25) is 14.9 Å². The lowest BCUT2D eigenvalue weighted by Crippen LogP contribution is -2.21. The van der Waals surface area contributed by atoms with Crippen LogP contribution in [0.5, 0.6) is 5.75 Å². The average Bonchev–Trinajstić information content (AvgIpc) is 3.35. The maximum absolute atomic E-state index is 12.3. The molecule has 0 atom stereocenters. The molecule has 30 heavy (non-hydrogen) atoms. The van der Waals surface area contributed by atoms with Crippen molar-refractivity contribution >= 4 is 40.3 Å². The number of amidine groups is 1. The SMILES string of the molecule is CN(C1=NC(=O)/C(=C/c2ccc(-c3ccc([N+](=O)[O-])cc3)o2)S1)c1ccc(O)cc1. The van der Waals surface area contributed by atoms with E-state index in [1.54, 1.807) is 66.6 Å².